The summed E-state index contributed by atoms with van der Waals surface area (Å²) in [6.07, 6.45) is 0. The summed E-state index contributed by atoms with van der Waals surface area (Å²) in [7, 11) is 0. The van der Waals surface area contributed by atoms with E-state index in [1.54, 1.807) is 24.3 Å². The number of para-hydroxylation sites is 1. The molecule has 0 spiro atoms. The van der Waals surface area contributed by atoms with Gasteiger partial charge in [0.1, 0.15) is 25.6 Å². The van der Waals surface area contributed by atoms with E-state index >= 15 is 0 Å². The third kappa shape index (κ3) is 4.82. The van der Waals surface area contributed by atoms with E-state index in [2.05, 4.69) is 10.6 Å². The molecule has 1 aliphatic heterocycles. The number of rotatable bonds is 6. The number of pyridine rings is 1. The van der Waals surface area contributed by atoms with Crippen LogP contribution in [-0.4, -0.2) is 23.7 Å². The van der Waals surface area contributed by atoms with Gasteiger partial charge in [0, 0.05) is 29.2 Å². The summed E-state index contributed by atoms with van der Waals surface area (Å²) >= 11 is 0. The highest BCUT2D eigenvalue weighted by molar-refractivity contribution is 5.92. The summed E-state index contributed by atoms with van der Waals surface area (Å²) < 4.78 is 26.8. The predicted octanol–water partition coefficient (Wildman–Crippen LogP) is 4.47. The van der Waals surface area contributed by atoms with Gasteiger partial charge in [-0.05, 0) is 43.3 Å². The maximum atomic E-state index is 14.0. The number of hydrogen-bond acceptors (Lipinski definition) is 5. The zero-order valence-electron chi connectivity index (χ0n) is 19.1. The molecule has 35 heavy (non-hydrogen) atoms. The molecule has 2 N–H and O–H groups in total. The fourth-order valence-electron chi connectivity index (χ4n) is 4.02. The molecule has 0 atom stereocenters. The zero-order valence-corrected chi connectivity index (χ0v) is 19.1. The first-order chi connectivity index (χ1) is 17.0. The molecule has 0 saturated heterocycles. The molecule has 178 valence electrons. The molecule has 2 heterocycles. The number of ether oxygens (including phenoxy) is 2. The van der Waals surface area contributed by atoms with Crippen molar-refractivity contribution in [2.75, 3.05) is 23.8 Å². The van der Waals surface area contributed by atoms with Gasteiger partial charge in [-0.3, -0.25) is 14.2 Å². The van der Waals surface area contributed by atoms with E-state index < -0.39 is 11.7 Å². The van der Waals surface area contributed by atoms with Crippen LogP contribution in [-0.2, 0) is 17.9 Å². The van der Waals surface area contributed by atoms with Crippen LogP contribution in [0.1, 0.15) is 11.1 Å². The topological polar surface area (TPSA) is 81.6 Å². The Hall–Kier alpha value is -4.33. The standard InChI is InChI=1S/C27H24FN3O4/c1-17-6-8-20(9-7-17)29-15-19-12-18-13-24-25(35-11-10-34-24)14-23(18)31(27(19)33)16-26(32)30-22-5-3-2-4-21(22)28/h2-9,12-14,29H,10-11,15-16H2,1H3,(H,30,32). The maximum absolute atomic E-state index is 14.0. The lowest BCUT2D eigenvalue weighted by molar-refractivity contribution is -0.116. The van der Waals surface area contributed by atoms with Crippen LogP contribution in [0.3, 0.4) is 0 Å². The first-order valence-electron chi connectivity index (χ1n) is 11.3. The normalized spacial score (nSPS) is 12.4. The molecular formula is C27H24FN3O4. The third-order valence-electron chi connectivity index (χ3n) is 5.82. The molecule has 0 fully saturated rings. The number of carbonyl (C=O) groups is 1. The average Bonchev–Trinajstić information content (AvgIpc) is 2.86. The number of halogens is 1. The van der Waals surface area contributed by atoms with Gasteiger partial charge in [0.05, 0.1) is 11.2 Å². The third-order valence-corrected chi connectivity index (χ3v) is 5.82. The lowest BCUT2D eigenvalue weighted by atomic mass is 10.1. The van der Waals surface area contributed by atoms with Crippen molar-refractivity contribution in [1.82, 2.24) is 4.57 Å². The van der Waals surface area contributed by atoms with E-state index in [1.165, 1.54) is 16.7 Å². The minimum atomic E-state index is -0.547. The molecule has 4 aromatic rings. The van der Waals surface area contributed by atoms with Crippen LogP contribution in [0.15, 0.2) is 71.5 Å². The number of fused-ring (bicyclic) bond motifs is 2. The van der Waals surface area contributed by atoms with Crippen LogP contribution >= 0.6 is 0 Å². The van der Waals surface area contributed by atoms with Gasteiger partial charge in [0.25, 0.3) is 5.56 Å². The Bertz CT molecular complexity index is 1460. The van der Waals surface area contributed by atoms with Crippen LogP contribution in [0.25, 0.3) is 10.9 Å². The molecule has 1 aromatic heterocycles. The lowest BCUT2D eigenvalue weighted by Gasteiger charge is -2.21. The van der Waals surface area contributed by atoms with Crippen LogP contribution < -0.4 is 25.7 Å². The summed E-state index contributed by atoms with van der Waals surface area (Å²) in [6.45, 7) is 2.81. The van der Waals surface area contributed by atoms with Crippen molar-refractivity contribution in [3.8, 4) is 11.5 Å². The Morgan fingerprint density at radius 2 is 1.71 bits per heavy atom. The Morgan fingerprint density at radius 3 is 2.46 bits per heavy atom. The number of benzene rings is 3. The van der Waals surface area contributed by atoms with Gasteiger partial charge in [-0.15, -0.1) is 0 Å². The molecular weight excluding hydrogens is 449 g/mol. The molecule has 0 unspecified atom stereocenters. The Morgan fingerprint density at radius 1 is 1.00 bits per heavy atom. The summed E-state index contributed by atoms with van der Waals surface area (Å²) in [5.74, 6) is 0.0323. The van der Waals surface area contributed by atoms with E-state index in [0.29, 0.717) is 35.8 Å². The van der Waals surface area contributed by atoms with Gasteiger partial charge in [-0.2, -0.15) is 0 Å². The monoisotopic (exact) mass is 473 g/mol. The number of aryl methyl sites for hydroxylation is 1. The highest BCUT2D eigenvalue weighted by Gasteiger charge is 2.19. The highest BCUT2D eigenvalue weighted by atomic mass is 19.1. The Labute approximate surface area is 201 Å². The van der Waals surface area contributed by atoms with E-state index in [0.717, 1.165) is 16.6 Å². The number of carbonyl (C=O) groups excluding carboxylic acids is 1. The van der Waals surface area contributed by atoms with E-state index in [-0.39, 0.29) is 24.3 Å². The fraction of sp³-hybridized carbons (Fsp3) is 0.185. The average molecular weight is 474 g/mol. The molecule has 0 aliphatic carbocycles. The number of nitrogens with one attached hydrogen (secondary N) is 2. The minimum absolute atomic E-state index is 0.0566. The molecule has 0 bridgehead atoms. The summed E-state index contributed by atoms with van der Waals surface area (Å²) in [4.78, 5) is 26.3. The van der Waals surface area contributed by atoms with Crippen molar-refractivity contribution in [3.05, 3.63) is 94.0 Å². The van der Waals surface area contributed by atoms with Crippen molar-refractivity contribution in [3.63, 3.8) is 0 Å². The molecule has 1 aliphatic rings. The lowest BCUT2D eigenvalue weighted by Crippen LogP contribution is -2.31. The van der Waals surface area contributed by atoms with Gasteiger partial charge in [-0.1, -0.05) is 29.8 Å². The van der Waals surface area contributed by atoms with Crippen molar-refractivity contribution in [2.24, 2.45) is 0 Å². The SMILES string of the molecule is Cc1ccc(NCc2cc3cc4c(cc3n(CC(=O)Nc3ccccc3F)c2=O)OCCO4)cc1. The number of aromatic nitrogens is 1. The molecule has 7 nitrogen and oxygen atoms in total. The summed E-state index contributed by atoms with van der Waals surface area (Å²) in [5, 5.41) is 6.54. The van der Waals surface area contributed by atoms with Crippen molar-refractivity contribution < 1.29 is 18.7 Å². The fourth-order valence-corrected chi connectivity index (χ4v) is 4.02. The molecule has 0 saturated carbocycles. The number of anilines is 2. The second-order valence-corrected chi connectivity index (χ2v) is 8.36. The zero-order chi connectivity index (χ0) is 24.4. The van der Waals surface area contributed by atoms with Gasteiger partial charge >= 0.3 is 0 Å². The molecule has 5 rings (SSSR count). The molecule has 8 heteroatoms. The molecule has 3 aromatic carbocycles. The van der Waals surface area contributed by atoms with Crippen molar-refractivity contribution >= 4 is 28.2 Å². The highest BCUT2D eigenvalue weighted by Crippen LogP contribution is 2.34. The predicted molar refractivity (Wildman–Crippen MR) is 133 cm³/mol. The first-order valence-corrected chi connectivity index (χ1v) is 11.3. The summed E-state index contributed by atoms with van der Waals surface area (Å²) in [5.41, 5.74) is 2.76. The molecule has 0 radical (unpaired) electrons. The van der Waals surface area contributed by atoms with E-state index in [4.69, 9.17) is 9.47 Å². The van der Waals surface area contributed by atoms with Crippen LogP contribution in [0.2, 0.25) is 0 Å². The van der Waals surface area contributed by atoms with Gasteiger partial charge in [0.15, 0.2) is 11.5 Å². The second-order valence-electron chi connectivity index (χ2n) is 8.36. The minimum Gasteiger partial charge on any atom is -0.486 e. The maximum Gasteiger partial charge on any atom is 0.256 e. The second kappa shape index (κ2) is 9.50. The smallest absolute Gasteiger partial charge is 0.256 e. The van der Waals surface area contributed by atoms with E-state index in [1.807, 2.05) is 37.3 Å². The Kier molecular flexibility index (Phi) is 6.10. The summed E-state index contributed by atoms with van der Waals surface area (Å²) in [6, 6.07) is 19.1. The number of nitrogens with zero attached hydrogens (tertiary/aromatic N) is 1. The largest absolute Gasteiger partial charge is 0.486 e. The molecule has 1 amide bonds. The van der Waals surface area contributed by atoms with Crippen molar-refractivity contribution in [1.29, 1.82) is 0 Å². The van der Waals surface area contributed by atoms with Crippen LogP contribution in [0.5, 0.6) is 11.5 Å². The van der Waals surface area contributed by atoms with Gasteiger partial charge in [-0.25, -0.2) is 4.39 Å². The quantitative estimate of drug-likeness (QED) is 0.432. The van der Waals surface area contributed by atoms with E-state index in [9.17, 15) is 14.0 Å². The number of amides is 1. The van der Waals surface area contributed by atoms with Crippen LogP contribution in [0.4, 0.5) is 15.8 Å². The van der Waals surface area contributed by atoms with Crippen LogP contribution in [0, 0.1) is 12.7 Å². The number of hydrogen-bond donors (Lipinski definition) is 2. The van der Waals surface area contributed by atoms with Gasteiger partial charge < -0.3 is 20.1 Å². The first kappa shape index (κ1) is 22.5. The van der Waals surface area contributed by atoms with Gasteiger partial charge in [0.2, 0.25) is 5.91 Å². The van der Waals surface area contributed by atoms with Crippen molar-refractivity contribution in [2.45, 2.75) is 20.0 Å². The Balaban J connectivity index is 1.52.